The summed E-state index contributed by atoms with van der Waals surface area (Å²) in [6.45, 7) is 3.03. The van der Waals surface area contributed by atoms with Crippen molar-refractivity contribution in [1.29, 1.82) is 0 Å². The molecule has 19 heavy (non-hydrogen) atoms. The lowest BCUT2D eigenvalue weighted by molar-refractivity contribution is 0.0650. The van der Waals surface area contributed by atoms with Crippen molar-refractivity contribution in [3.05, 3.63) is 17.5 Å². The van der Waals surface area contributed by atoms with Gasteiger partial charge < -0.3 is 19.8 Å². The summed E-state index contributed by atoms with van der Waals surface area (Å²) >= 11 is 0. The van der Waals surface area contributed by atoms with Crippen molar-refractivity contribution in [2.45, 2.75) is 31.8 Å². The minimum absolute atomic E-state index is 0.00369. The van der Waals surface area contributed by atoms with Gasteiger partial charge in [0.15, 0.2) is 5.69 Å². The first kappa shape index (κ1) is 13.5. The number of nitrogens with one attached hydrogen (secondary N) is 1. The molecule has 1 aliphatic rings. The number of aromatic carboxylic acids is 1. The van der Waals surface area contributed by atoms with Gasteiger partial charge in [-0.3, -0.25) is 4.79 Å². The molecule has 1 amide bonds. The van der Waals surface area contributed by atoms with Crippen molar-refractivity contribution in [2.75, 3.05) is 13.6 Å². The Morgan fingerprint density at radius 1 is 1.58 bits per heavy atom. The first-order valence-electron chi connectivity index (χ1n) is 6.18. The number of nitrogens with zero attached hydrogens (tertiary/aromatic N) is 2. The second-order valence-corrected chi connectivity index (χ2v) is 4.91. The zero-order valence-corrected chi connectivity index (χ0v) is 10.9. The molecule has 0 radical (unpaired) electrons. The number of piperidine rings is 1. The third-order valence-electron chi connectivity index (χ3n) is 3.50. The molecule has 1 aromatic heterocycles. The molecule has 1 aliphatic heterocycles. The van der Waals surface area contributed by atoms with Gasteiger partial charge >= 0.3 is 5.97 Å². The maximum Gasteiger partial charge on any atom is 0.374 e. The molecule has 1 saturated heterocycles. The summed E-state index contributed by atoms with van der Waals surface area (Å²) in [6, 6.07) is 1.63. The van der Waals surface area contributed by atoms with E-state index >= 15 is 0 Å². The highest BCUT2D eigenvalue weighted by molar-refractivity contribution is 5.94. The second kappa shape index (κ2) is 5.40. The van der Waals surface area contributed by atoms with Gasteiger partial charge in [-0.05, 0) is 26.8 Å². The lowest BCUT2D eigenvalue weighted by Crippen LogP contribution is -2.47. The van der Waals surface area contributed by atoms with Gasteiger partial charge in [0.25, 0.3) is 5.91 Å². The molecule has 2 heterocycles. The molecule has 7 nitrogen and oxygen atoms in total. The molecule has 0 aliphatic carbocycles. The molecule has 0 bridgehead atoms. The molecule has 1 aromatic rings. The van der Waals surface area contributed by atoms with Gasteiger partial charge in [-0.25, -0.2) is 4.79 Å². The zero-order valence-electron chi connectivity index (χ0n) is 10.9. The summed E-state index contributed by atoms with van der Waals surface area (Å²) in [5, 5.41) is 15.0. The normalized spacial score (nSPS) is 24.1. The molecule has 1 fully saturated rings. The monoisotopic (exact) mass is 267 g/mol. The largest absolute Gasteiger partial charge is 0.475 e. The second-order valence-electron chi connectivity index (χ2n) is 4.91. The molecule has 2 atom stereocenters. The van der Waals surface area contributed by atoms with E-state index in [2.05, 4.69) is 33.9 Å². The van der Waals surface area contributed by atoms with Crippen LogP contribution in [-0.2, 0) is 0 Å². The first-order chi connectivity index (χ1) is 8.97. The average molecular weight is 267 g/mol. The topological polar surface area (TPSA) is 95.7 Å². The fourth-order valence-corrected chi connectivity index (χ4v) is 2.16. The van der Waals surface area contributed by atoms with E-state index in [4.69, 9.17) is 5.11 Å². The predicted octanol–water partition coefficient (Wildman–Crippen LogP) is 0.585. The smallest absolute Gasteiger partial charge is 0.374 e. The number of aromatic nitrogens is 1. The van der Waals surface area contributed by atoms with E-state index in [-0.39, 0.29) is 17.5 Å². The van der Waals surface area contributed by atoms with Crippen LogP contribution in [0, 0.1) is 0 Å². The number of amides is 1. The van der Waals surface area contributed by atoms with Crippen LogP contribution in [0.5, 0.6) is 0 Å². The van der Waals surface area contributed by atoms with Crippen LogP contribution in [-0.4, -0.2) is 52.7 Å². The van der Waals surface area contributed by atoms with Crippen LogP contribution in [0.3, 0.4) is 0 Å². The van der Waals surface area contributed by atoms with E-state index in [0.717, 1.165) is 25.5 Å². The number of hydrogen-bond acceptors (Lipinski definition) is 5. The number of rotatable bonds is 3. The first-order valence-corrected chi connectivity index (χ1v) is 6.18. The van der Waals surface area contributed by atoms with Crippen molar-refractivity contribution in [1.82, 2.24) is 15.4 Å². The van der Waals surface area contributed by atoms with E-state index in [1.807, 2.05) is 0 Å². The SMILES string of the molecule is CC1CC(NC(=O)c2cc(C(=O)O)on2)CCN1C. The van der Waals surface area contributed by atoms with Crippen molar-refractivity contribution < 1.29 is 19.2 Å². The average Bonchev–Trinajstić information content (AvgIpc) is 2.83. The number of carboxylic acid groups (broad SMARTS) is 1. The van der Waals surface area contributed by atoms with Crippen LogP contribution in [0.2, 0.25) is 0 Å². The molecule has 7 heteroatoms. The highest BCUT2D eigenvalue weighted by Crippen LogP contribution is 2.15. The minimum Gasteiger partial charge on any atom is -0.475 e. The highest BCUT2D eigenvalue weighted by Gasteiger charge is 2.25. The molecule has 0 spiro atoms. The van der Waals surface area contributed by atoms with Gasteiger partial charge in [0.1, 0.15) is 0 Å². The van der Waals surface area contributed by atoms with E-state index in [1.165, 1.54) is 0 Å². The lowest BCUT2D eigenvalue weighted by atomic mass is 9.99. The number of likely N-dealkylation sites (tertiary alicyclic amines) is 1. The Balaban J connectivity index is 1.95. The number of hydrogen-bond donors (Lipinski definition) is 2. The highest BCUT2D eigenvalue weighted by atomic mass is 16.5. The number of carboxylic acids is 1. The van der Waals surface area contributed by atoms with Crippen molar-refractivity contribution >= 4 is 11.9 Å². The molecule has 104 valence electrons. The Labute approximate surface area is 110 Å². The van der Waals surface area contributed by atoms with Crippen molar-refractivity contribution in [3.8, 4) is 0 Å². The quantitative estimate of drug-likeness (QED) is 0.832. The van der Waals surface area contributed by atoms with Gasteiger partial charge in [0, 0.05) is 24.7 Å². The third-order valence-corrected chi connectivity index (χ3v) is 3.50. The van der Waals surface area contributed by atoms with Crippen LogP contribution < -0.4 is 5.32 Å². The van der Waals surface area contributed by atoms with Crippen LogP contribution in [0.4, 0.5) is 0 Å². The fraction of sp³-hybridized carbons (Fsp3) is 0.583. The molecule has 2 N–H and O–H groups in total. The Bertz CT molecular complexity index is 485. The molecule has 2 rings (SSSR count). The van der Waals surface area contributed by atoms with Gasteiger partial charge in [-0.1, -0.05) is 5.16 Å². The van der Waals surface area contributed by atoms with Gasteiger partial charge in [-0.2, -0.15) is 0 Å². The Kier molecular flexibility index (Phi) is 3.84. The summed E-state index contributed by atoms with van der Waals surface area (Å²) in [5.74, 6) is -1.96. The molecule has 2 unspecified atom stereocenters. The Morgan fingerprint density at radius 2 is 2.32 bits per heavy atom. The van der Waals surface area contributed by atoms with E-state index in [0.29, 0.717) is 6.04 Å². The lowest BCUT2D eigenvalue weighted by Gasteiger charge is -2.35. The summed E-state index contributed by atoms with van der Waals surface area (Å²) in [7, 11) is 2.06. The van der Waals surface area contributed by atoms with Gasteiger partial charge in [0.2, 0.25) is 5.76 Å². The van der Waals surface area contributed by atoms with Crippen LogP contribution in [0.15, 0.2) is 10.6 Å². The van der Waals surface area contributed by atoms with Crippen LogP contribution in [0.1, 0.15) is 40.8 Å². The molecule has 0 aromatic carbocycles. The third kappa shape index (κ3) is 3.11. The van der Waals surface area contributed by atoms with Crippen LogP contribution >= 0.6 is 0 Å². The van der Waals surface area contributed by atoms with E-state index in [1.54, 1.807) is 0 Å². The molecular formula is C12H17N3O4. The standard InChI is InChI=1S/C12H17N3O4/c1-7-5-8(3-4-15(7)2)13-11(16)9-6-10(12(17)18)19-14-9/h6-8H,3-5H2,1-2H3,(H,13,16)(H,17,18). The number of carbonyl (C=O) groups excluding carboxylic acids is 1. The maximum atomic E-state index is 11.9. The molecular weight excluding hydrogens is 250 g/mol. The summed E-state index contributed by atoms with van der Waals surface area (Å²) in [5.41, 5.74) is 0.00369. The minimum atomic E-state index is -1.24. The summed E-state index contributed by atoms with van der Waals surface area (Å²) in [6.07, 6.45) is 1.74. The van der Waals surface area contributed by atoms with Crippen LogP contribution in [0.25, 0.3) is 0 Å². The molecule has 0 saturated carbocycles. The predicted molar refractivity (Wildman–Crippen MR) is 66.0 cm³/mol. The van der Waals surface area contributed by atoms with Crippen molar-refractivity contribution in [3.63, 3.8) is 0 Å². The maximum absolute atomic E-state index is 11.9. The Hall–Kier alpha value is -1.89. The zero-order chi connectivity index (χ0) is 14.0. The number of carbonyl (C=O) groups is 2. The summed E-state index contributed by atoms with van der Waals surface area (Å²) in [4.78, 5) is 24.8. The summed E-state index contributed by atoms with van der Waals surface area (Å²) < 4.78 is 4.56. The van der Waals surface area contributed by atoms with Gasteiger partial charge in [0.05, 0.1) is 0 Å². The van der Waals surface area contributed by atoms with E-state index in [9.17, 15) is 9.59 Å². The van der Waals surface area contributed by atoms with Crippen molar-refractivity contribution in [2.24, 2.45) is 0 Å². The van der Waals surface area contributed by atoms with Gasteiger partial charge in [-0.15, -0.1) is 0 Å². The Morgan fingerprint density at radius 3 is 2.89 bits per heavy atom. The fourth-order valence-electron chi connectivity index (χ4n) is 2.16. The van der Waals surface area contributed by atoms with E-state index < -0.39 is 11.9 Å².